The van der Waals surface area contributed by atoms with Gasteiger partial charge >= 0.3 is 0 Å². The van der Waals surface area contributed by atoms with Crippen molar-refractivity contribution in [1.29, 1.82) is 0 Å². The molecule has 0 aliphatic carbocycles. The fraction of sp³-hybridized carbons (Fsp3) is 0.0455. The first-order chi connectivity index (χ1) is 17.3. The first-order valence-corrected chi connectivity index (χ1v) is 12.0. The number of anilines is 1. The van der Waals surface area contributed by atoms with E-state index in [0.29, 0.717) is 42.8 Å². The molecule has 14 heteroatoms. The van der Waals surface area contributed by atoms with E-state index in [1.54, 1.807) is 60.7 Å². The average Bonchev–Trinajstić information content (AvgIpc) is 3.27. The summed E-state index contributed by atoms with van der Waals surface area (Å²) in [4.78, 5) is 13.4. The number of hydrogen-bond donors (Lipinski definition) is 3. The van der Waals surface area contributed by atoms with Gasteiger partial charge in [-0.25, -0.2) is 0 Å². The Hall–Kier alpha value is -3.15. The van der Waals surface area contributed by atoms with Crippen LogP contribution in [0.1, 0.15) is 0 Å². The Bertz CT molecular complexity index is 1410. The summed E-state index contributed by atoms with van der Waals surface area (Å²) in [5.41, 5.74) is 6.14. The molecular formula is C22H15Cl4N7O2S. The number of ether oxygens (including phenoxy) is 1. The quantitative estimate of drug-likeness (QED) is 0.194. The van der Waals surface area contributed by atoms with Gasteiger partial charge in [0.25, 0.3) is 5.91 Å². The van der Waals surface area contributed by atoms with E-state index >= 15 is 0 Å². The van der Waals surface area contributed by atoms with Crippen molar-refractivity contribution in [2.24, 2.45) is 0 Å². The molecule has 0 saturated carbocycles. The maximum atomic E-state index is 12.3. The van der Waals surface area contributed by atoms with Gasteiger partial charge in [-0.1, -0.05) is 58.5 Å². The first-order valence-electron chi connectivity index (χ1n) is 10.1. The van der Waals surface area contributed by atoms with Crippen LogP contribution in [0.2, 0.25) is 20.1 Å². The summed E-state index contributed by atoms with van der Waals surface area (Å²) in [6, 6.07) is 16.8. The summed E-state index contributed by atoms with van der Waals surface area (Å²) in [5.74, 6) is 0.650. The highest BCUT2D eigenvalue weighted by molar-refractivity contribution is 7.80. The molecule has 0 unspecified atom stereocenters. The van der Waals surface area contributed by atoms with E-state index in [1.807, 2.05) is 0 Å². The lowest BCUT2D eigenvalue weighted by atomic mass is 10.2. The zero-order valence-corrected chi connectivity index (χ0v) is 21.8. The number of nitrogens with one attached hydrogen (secondary N) is 3. The van der Waals surface area contributed by atoms with Crippen LogP contribution in [-0.2, 0) is 11.3 Å². The Kier molecular flexibility index (Phi) is 8.44. The van der Waals surface area contributed by atoms with Crippen molar-refractivity contribution in [3.05, 3.63) is 80.8 Å². The fourth-order valence-corrected chi connectivity index (χ4v) is 4.06. The largest absolute Gasteiger partial charge is 0.455 e. The second-order valence-electron chi connectivity index (χ2n) is 7.10. The topological polar surface area (TPSA) is 106 Å². The standard InChI is InChI=1S/C22H15Cl4N7O2S/c23-12-5-6-19(17(26)10-12)35-18-4-2-1-3-16(18)21-29-32-33(31-21)11-20(34)28-30-22(36)27-15-8-13(24)7-14(25)9-15/h1-10H,11H2,(H,28,34)(H2,27,30,36). The number of carbonyl (C=O) groups is 1. The Morgan fingerprint density at radius 3 is 2.42 bits per heavy atom. The summed E-state index contributed by atoms with van der Waals surface area (Å²) in [6.45, 7) is -0.225. The maximum absolute atomic E-state index is 12.3. The number of rotatable bonds is 6. The summed E-state index contributed by atoms with van der Waals surface area (Å²) in [7, 11) is 0. The zero-order chi connectivity index (χ0) is 25.7. The molecule has 0 bridgehead atoms. The number of carbonyl (C=O) groups excluding carboxylic acids is 1. The highest BCUT2D eigenvalue weighted by Gasteiger charge is 2.15. The van der Waals surface area contributed by atoms with Crippen LogP contribution in [0.5, 0.6) is 11.5 Å². The highest BCUT2D eigenvalue weighted by atomic mass is 35.5. The normalized spacial score (nSPS) is 10.6. The van der Waals surface area contributed by atoms with Crippen molar-refractivity contribution in [2.45, 2.75) is 6.54 Å². The van der Waals surface area contributed by atoms with E-state index in [0.717, 1.165) is 4.80 Å². The molecule has 0 fully saturated rings. The van der Waals surface area contributed by atoms with Gasteiger partial charge in [-0.2, -0.15) is 4.80 Å². The number of tetrazole rings is 1. The molecule has 0 atom stereocenters. The SMILES string of the molecule is O=C(Cn1nnc(-c2ccccc2Oc2ccc(Cl)cc2Cl)n1)NNC(=S)Nc1cc(Cl)cc(Cl)c1. The number of hydrazine groups is 1. The van der Waals surface area contributed by atoms with Crippen LogP contribution in [0.25, 0.3) is 11.4 Å². The van der Waals surface area contributed by atoms with Crippen molar-refractivity contribution in [2.75, 3.05) is 5.32 Å². The first kappa shape index (κ1) is 25.9. The van der Waals surface area contributed by atoms with Gasteiger partial charge in [0, 0.05) is 20.8 Å². The van der Waals surface area contributed by atoms with Crippen molar-refractivity contribution in [3.63, 3.8) is 0 Å². The molecule has 1 heterocycles. The monoisotopic (exact) mass is 581 g/mol. The number of hydrogen-bond acceptors (Lipinski definition) is 6. The summed E-state index contributed by atoms with van der Waals surface area (Å²) < 4.78 is 5.93. The molecule has 1 amide bonds. The third kappa shape index (κ3) is 6.96. The lowest BCUT2D eigenvalue weighted by molar-refractivity contribution is -0.122. The van der Waals surface area contributed by atoms with Crippen molar-refractivity contribution in [3.8, 4) is 22.9 Å². The van der Waals surface area contributed by atoms with E-state index in [9.17, 15) is 4.79 Å². The summed E-state index contributed by atoms with van der Waals surface area (Å²) in [6.07, 6.45) is 0. The van der Waals surface area contributed by atoms with E-state index < -0.39 is 5.91 Å². The van der Waals surface area contributed by atoms with Crippen molar-refractivity contribution in [1.82, 2.24) is 31.1 Å². The highest BCUT2D eigenvalue weighted by Crippen LogP contribution is 2.35. The van der Waals surface area contributed by atoms with Crippen LogP contribution in [0.4, 0.5) is 5.69 Å². The molecule has 0 aliphatic rings. The lowest BCUT2D eigenvalue weighted by Gasteiger charge is -2.12. The van der Waals surface area contributed by atoms with Gasteiger partial charge in [-0.05, 0) is 66.0 Å². The Balaban J connectivity index is 1.36. The molecule has 4 aromatic rings. The van der Waals surface area contributed by atoms with Crippen LogP contribution >= 0.6 is 58.6 Å². The molecule has 1 aromatic heterocycles. The number of benzene rings is 3. The minimum Gasteiger partial charge on any atom is -0.455 e. The predicted molar refractivity (Wildman–Crippen MR) is 144 cm³/mol. The second-order valence-corrected chi connectivity index (χ2v) is 9.23. The van der Waals surface area contributed by atoms with Crippen molar-refractivity contribution < 1.29 is 9.53 Å². The van der Waals surface area contributed by atoms with Crippen LogP contribution < -0.4 is 20.9 Å². The van der Waals surface area contributed by atoms with Gasteiger partial charge in [0.05, 0.1) is 10.6 Å². The minimum absolute atomic E-state index is 0.126. The fourth-order valence-electron chi connectivity index (χ4n) is 2.92. The molecule has 3 aromatic carbocycles. The zero-order valence-electron chi connectivity index (χ0n) is 18.0. The predicted octanol–water partition coefficient (Wildman–Crippen LogP) is 5.76. The van der Waals surface area contributed by atoms with E-state index in [1.165, 1.54) is 0 Å². The van der Waals surface area contributed by atoms with E-state index in [2.05, 4.69) is 31.6 Å². The summed E-state index contributed by atoms with van der Waals surface area (Å²) in [5, 5.41) is 16.9. The number of halogens is 4. The van der Waals surface area contributed by atoms with Crippen LogP contribution in [0, 0.1) is 0 Å². The third-order valence-corrected chi connectivity index (χ3v) is 5.59. The van der Waals surface area contributed by atoms with Gasteiger partial charge in [-0.3, -0.25) is 15.6 Å². The Morgan fingerprint density at radius 1 is 0.917 bits per heavy atom. The lowest BCUT2D eigenvalue weighted by Crippen LogP contribution is -2.45. The van der Waals surface area contributed by atoms with Crippen LogP contribution in [0.3, 0.4) is 0 Å². The number of para-hydroxylation sites is 1. The molecule has 0 radical (unpaired) electrons. The van der Waals surface area contributed by atoms with E-state index in [4.69, 9.17) is 63.4 Å². The van der Waals surface area contributed by atoms with Gasteiger partial charge in [-0.15, -0.1) is 10.2 Å². The van der Waals surface area contributed by atoms with Gasteiger partial charge in [0.1, 0.15) is 18.0 Å². The number of amides is 1. The molecule has 9 nitrogen and oxygen atoms in total. The van der Waals surface area contributed by atoms with Gasteiger partial charge in [0.15, 0.2) is 5.11 Å². The smallest absolute Gasteiger partial charge is 0.262 e. The van der Waals surface area contributed by atoms with Crippen LogP contribution in [0.15, 0.2) is 60.7 Å². The molecule has 4 rings (SSSR count). The molecule has 0 spiro atoms. The second kappa shape index (κ2) is 11.7. The third-order valence-electron chi connectivity index (χ3n) is 4.42. The molecule has 36 heavy (non-hydrogen) atoms. The van der Waals surface area contributed by atoms with Gasteiger partial charge < -0.3 is 10.1 Å². The Labute approximate surface area is 230 Å². The molecule has 184 valence electrons. The average molecular weight is 583 g/mol. The maximum Gasteiger partial charge on any atom is 0.262 e. The number of nitrogens with zero attached hydrogens (tertiary/aromatic N) is 4. The van der Waals surface area contributed by atoms with E-state index in [-0.39, 0.29) is 17.5 Å². The number of aromatic nitrogens is 4. The minimum atomic E-state index is -0.468. The molecular weight excluding hydrogens is 568 g/mol. The molecule has 3 N–H and O–H groups in total. The Morgan fingerprint density at radius 2 is 1.67 bits per heavy atom. The van der Waals surface area contributed by atoms with Gasteiger partial charge in [0.2, 0.25) is 5.82 Å². The van der Waals surface area contributed by atoms with Crippen LogP contribution in [-0.4, -0.2) is 31.2 Å². The summed E-state index contributed by atoms with van der Waals surface area (Å²) >= 11 is 29.2. The number of thiocarbonyl (C=S) groups is 1. The molecule has 0 saturated heterocycles. The molecule has 0 aliphatic heterocycles. The van der Waals surface area contributed by atoms with Crippen molar-refractivity contribution >= 4 is 75.3 Å².